The van der Waals surface area contributed by atoms with Crippen LogP contribution in [0.25, 0.3) is 21.2 Å². The zero-order valence-electron chi connectivity index (χ0n) is 20.0. The summed E-state index contributed by atoms with van der Waals surface area (Å²) in [5.74, 6) is 6.19. The molecule has 0 saturated carbocycles. The maximum atomic E-state index is 11.9. The van der Waals surface area contributed by atoms with Crippen molar-refractivity contribution in [1.29, 1.82) is 0 Å². The monoisotopic (exact) mass is 485 g/mol. The van der Waals surface area contributed by atoms with E-state index < -0.39 is 0 Å². The minimum atomic E-state index is -0.272. The van der Waals surface area contributed by atoms with Crippen LogP contribution in [0.3, 0.4) is 0 Å². The number of aryl methyl sites for hydroxylation is 1. The molecule has 0 aliphatic rings. The molecule has 0 bridgehead atoms. The van der Waals surface area contributed by atoms with Gasteiger partial charge in [-0.3, -0.25) is 4.79 Å². The number of thiophene rings is 1. The van der Waals surface area contributed by atoms with Gasteiger partial charge in [0.2, 0.25) is 5.88 Å². The van der Waals surface area contributed by atoms with E-state index in [4.69, 9.17) is 9.47 Å². The third-order valence-electron chi connectivity index (χ3n) is 5.68. The van der Waals surface area contributed by atoms with Crippen LogP contribution < -0.4 is 4.74 Å². The average Bonchev–Trinajstić information content (AvgIpc) is 3.26. The highest BCUT2D eigenvalue weighted by atomic mass is 32.1. The first-order valence-corrected chi connectivity index (χ1v) is 12.3. The second-order valence-electron chi connectivity index (χ2n) is 8.15. The van der Waals surface area contributed by atoms with Crippen LogP contribution in [0.15, 0.2) is 60.1 Å². The van der Waals surface area contributed by atoms with E-state index in [0.29, 0.717) is 19.1 Å². The fourth-order valence-corrected chi connectivity index (χ4v) is 4.92. The van der Waals surface area contributed by atoms with Gasteiger partial charge < -0.3 is 14.6 Å². The minimum absolute atomic E-state index is 0.195. The number of nitrogens with zero attached hydrogens (tertiary/aromatic N) is 1. The van der Waals surface area contributed by atoms with Crippen molar-refractivity contribution in [3.63, 3.8) is 0 Å². The van der Waals surface area contributed by atoms with E-state index in [1.807, 2.05) is 19.1 Å². The smallest absolute Gasteiger partial charge is 0.307 e. The van der Waals surface area contributed by atoms with E-state index >= 15 is 0 Å². The predicted molar refractivity (Wildman–Crippen MR) is 140 cm³/mol. The van der Waals surface area contributed by atoms with Crippen LogP contribution in [0, 0.1) is 18.8 Å². The third-order valence-corrected chi connectivity index (χ3v) is 6.64. The quantitative estimate of drug-likeness (QED) is 0.224. The number of phenols is 1. The number of aromatic nitrogens is 1. The molecule has 2 aromatic heterocycles. The molecule has 0 saturated heterocycles. The van der Waals surface area contributed by atoms with Crippen LogP contribution in [0.2, 0.25) is 0 Å². The van der Waals surface area contributed by atoms with Crippen molar-refractivity contribution in [2.45, 2.75) is 39.7 Å². The zero-order chi connectivity index (χ0) is 24.8. The maximum absolute atomic E-state index is 11.9. The Morgan fingerprint density at radius 3 is 2.71 bits per heavy atom. The summed E-state index contributed by atoms with van der Waals surface area (Å²) in [7, 11) is 0. The summed E-state index contributed by atoms with van der Waals surface area (Å²) < 4.78 is 12.2. The van der Waals surface area contributed by atoms with Crippen molar-refractivity contribution < 1.29 is 19.4 Å². The van der Waals surface area contributed by atoms with Crippen LogP contribution in [-0.4, -0.2) is 22.7 Å². The molecule has 0 spiro atoms. The lowest BCUT2D eigenvalue weighted by atomic mass is 9.98. The van der Waals surface area contributed by atoms with E-state index in [2.05, 4.69) is 40.4 Å². The molecular weight excluding hydrogens is 458 g/mol. The number of carbonyl (C=O) groups excluding carboxylic acids is 1. The van der Waals surface area contributed by atoms with E-state index in [1.54, 1.807) is 49.6 Å². The number of hydrogen-bond acceptors (Lipinski definition) is 6. The lowest BCUT2D eigenvalue weighted by molar-refractivity contribution is -0.143. The molecule has 5 nitrogen and oxygen atoms in total. The number of fused-ring (bicyclic) bond motifs is 1. The van der Waals surface area contributed by atoms with Gasteiger partial charge in [0, 0.05) is 27.9 Å². The van der Waals surface area contributed by atoms with Gasteiger partial charge in [-0.05, 0) is 72.7 Å². The summed E-state index contributed by atoms with van der Waals surface area (Å²) in [5.41, 5.74) is 5.18. The largest absolute Gasteiger partial charge is 0.508 e. The number of hydrogen-bond donors (Lipinski definition) is 1. The molecule has 178 valence electrons. The number of esters is 1. The Balaban J connectivity index is 1.48. The first-order valence-electron chi connectivity index (χ1n) is 11.4. The van der Waals surface area contributed by atoms with E-state index in [9.17, 15) is 9.90 Å². The zero-order valence-corrected chi connectivity index (χ0v) is 20.8. The molecular formula is C29H27NO4S. The predicted octanol–water partition coefficient (Wildman–Crippen LogP) is 6.62. The Kier molecular flexibility index (Phi) is 7.69. The third kappa shape index (κ3) is 5.82. The first-order chi connectivity index (χ1) is 17.0. The Bertz CT molecular complexity index is 1400. The van der Waals surface area contributed by atoms with Crippen LogP contribution in [0.4, 0.5) is 0 Å². The maximum Gasteiger partial charge on any atom is 0.307 e. The standard InChI is InChI=1S/C29H27NO4S/c1-4-6-21(15-29(32)33-5-2)22-8-12-28(30-16-22)34-17-20-7-11-27-25(14-20)26(18-35-27)24-10-9-23(31)13-19(24)3/h7-14,16,18,21,31H,5,15,17H2,1-3H3. The second-order valence-corrected chi connectivity index (χ2v) is 9.06. The Labute approximate surface area is 209 Å². The molecule has 4 aromatic rings. The molecule has 1 unspecified atom stereocenters. The van der Waals surface area contributed by atoms with Crippen molar-refractivity contribution in [3.8, 4) is 34.6 Å². The lowest BCUT2D eigenvalue weighted by Crippen LogP contribution is -2.10. The van der Waals surface area contributed by atoms with Crippen molar-refractivity contribution >= 4 is 27.4 Å². The van der Waals surface area contributed by atoms with E-state index in [0.717, 1.165) is 33.2 Å². The van der Waals surface area contributed by atoms with Gasteiger partial charge in [-0.15, -0.1) is 17.3 Å². The Hall–Kier alpha value is -3.82. The van der Waals surface area contributed by atoms with Gasteiger partial charge in [0.25, 0.3) is 0 Å². The van der Waals surface area contributed by atoms with Gasteiger partial charge in [-0.2, -0.15) is 0 Å². The van der Waals surface area contributed by atoms with Gasteiger partial charge in [-0.1, -0.05) is 24.1 Å². The van der Waals surface area contributed by atoms with E-state index in [1.165, 1.54) is 4.70 Å². The summed E-state index contributed by atoms with van der Waals surface area (Å²) in [6.07, 6.45) is 1.90. The van der Waals surface area contributed by atoms with Crippen LogP contribution in [0.5, 0.6) is 11.6 Å². The Morgan fingerprint density at radius 1 is 1.14 bits per heavy atom. The van der Waals surface area contributed by atoms with Crippen molar-refractivity contribution in [3.05, 3.63) is 76.8 Å². The summed E-state index contributed by atoms with van der Waals surface area (Å²) >= 11 is 1.70. The summed E-state index contributed by atoms with van der Waals surface area (Å²) in [5, 5.41) is 13.1. The molecule has 1 N–H and O–H groups in total. The van der Waals surface area contributed by atoms with Crippen LogP contribution >= 0.6 is 11.3 Å². The number of phenolic OH excluding ortho intramolecular Hbond substituents is 1. The number of benzene rings is 2. The SMILES string of the molecule is CC#CC(CC(=O)OCC)c1ccc(OCc2ccc3scc(-c4ccc(O)cc4C)c3c2)nc1. The normalized spacial score (nSPS) is 11.5. The van der Waals surface area contributed by atoms with Gasteiger partial charge in [-0.25, -0.2) is 4.98 Å². The number of carbonyl (C=O) groups is 1. The van der Waals surface area contributed by atoms with Crippen LogP contribution in [-0.2, 0) is 16.1 Å². The van der Waals surface area contributed by atoms with Crippen molar-refractivity contribution in [1.82, 2.24) is 4.98 Å². The molecule has 2 heterocycles. The van der Waals surface area contributed by atoms with Gasteiger partial charge in [0.05, 0.1) is 18.9 Å². The fourth-order valence-electron chi connectivity index (χ4n) is 3.98. The first kappa shape index (κ1) is 24.3. The highest BCUT2D eigenvalue weighted by molar-refractivity contribution is 7.17. The average molecular weight is 486 g/mol. The molecule has 6 heteroatoms. The van der Waals surface area contributed by atoms with Crippen molar-refractivity contribution in [2.75, 3.05) is 6.61 Å². The number of aromatic hydroxyl groups is 1. The number of pyridine rings is 1. The molecule has 35 heavy (non-hydrogen) atoms. The topological polar surface area (TPSA) is 68.7 Å². The number of rotatable bonds is 8. The molecule has 0 aliphatic carbocycles. The lowest BCUT2D eigenvalue weighted by Gasteiger charge is -2.11. The molecule has 2 aromatic carbocycles. The van der Waals surface area contributed by atoms with Gasteiger partial charge in [0.15, 0.2) is 0 Å². The van der Waals surface area contributed by atoms with Crippen LogP contribution in [0.1, 0.15) is 42.9 Å². The molecule has 1 atom stereocenters. The highest BCUT2D eigenvalue weighted by Crippen LogP contribution is 2.37. The Morgan fingerprint density at radius 2 is 2.00 bits per heavy atom. The summed E-state index contributed by atoms with van der Waals surface area (Å²) in [4.78, 5) is 16.3. The minimum Gasteiger partial charge on any atom is -0.508 e. The number of ether oxygens (including phenoxy) is 2. The summed E-state index contributed by atoms with van der Waals surface area (Å²) in [6, 6.07) is 15.5. The van der Waals surface area contributed by atoms with Gasteiger partial charge in [0.1, 0.15) is 12.4 Å². The summed E-state index contributed by atoms with van der Waals surface area (Å²) in [6.45, 7) is 6.28. The van der Waals surface area contributed by atoms with Crippen molar-refractivity contribution in [2.24, 2.45) is 0 Å². The highest BCUT2D eigenvalue weighted by Gasteiger charge is 2.16. The molecule has 0 fully saturated rings. The fraction of sp³-hybridized carbons (Fsp3) is 0.241. The molecule has 0 amide bonds. The molecule has 0 radical (unpaired) electrons. The second kappa shape index (κ2) is 11.1. The molecule has 0 aliphatic heterocycles. The van der Waals surface area contributed by atoms with Gasteiger partial charge >= 0.3 is 5.97 Å². The van der Waals surface area contributed by atoms with E-state index in [-0.39, 0.29) is 24.1 Å². The molecule has 4 rings (SSSR count).